The van der Waals surface area contributed by atoms with Gasteiger partial charge in [-0.25, -0.2) is 32.0 Å². The third-order valence-electron chi connectivity index (χ3n) is 19.9. The van der Waals surface area contributed by atoms with E-state index in [-0.39, 0.29) is 37.0 Å². The molecule has 0 fully saturated rings. The minimum Gasteiger partial charge on any atom is -0.424 e. The maximum absolute atomic E-state index is 13.0. The topological polar surface area (TPSA) is 249 Å². The van der Waals surface area contributed by atoms with E-state index in [0.717, 1.165) is 77.9 Å². The Morgan fingerprint density at radius 1 is 0.225 bits per heavy atom. The third kappa shape index (κ3) is 43.7. The maximum atomic E-state index is 13.0. The lowest BCUT2D eigenvalue weighted by Gasteiger charge is -2.21. The molecule has 7 atom stereocenters. The Bertz CT molecular complexity index is 6280. The number of para-hydroxylation sites is 3. The van der Waals surface area contributed by atoms with Crippen molar-refractivity contribution < 1.29 is 95.3 Å². The molecule has 21 nitrogen and oxygen atoms in total. The Hall–Kier alpha value is -11.0. The fourth-order valence-electron chi connectivity index (χ4n) is 13.4. The molecule has 14 aromatic carbocycles. The molecule has 0 aliphatic rings. The van der Waals surface area contributed by atoms with Crippen LogP contribution in [-0.4, -0.2) is 46.2 Å². The summed E-state index contributed by atoms with van der Waals surface area (Å²) in [7, 11) is -22.5. The SMILES string of the molecule is CCOP(=O)(/C=C/c1ccccc1)Oc1ccccc1.CCOP(=O)(Cc1ccccc1)Oc1c(C)cccc1C.CCOP(=O)(Cc1ccccc1)Oc1ccc(C)cc1.CCOP(=O)(Cc1ccccc1)Oc1ccc(C)cc1.CCOP(=O)(Cc1ccccc1)Oc1ccc(C)cc1Cl.CCOP(=O)(Cc1ccccc1)Oc1cccc(C)c1.CCOP(=O)(Cc1ccccc1)Oc1ccccc1C. The molecule has 0 aromatic heterocycles. The van der Waals surface area contributed by atoms with Gasteiger partial charge < -0.3 is 31.7 Å². The van der Waals surface area contributed by atoms with Crippen LogP contribution < -0.4 is 31.7 Å². The number of rotatable bonds is 42. The van der Waals surface area contributed by atoms with Crippen LogP contribution in [0.4, 0.5) is 0 Å². The first kappa shape index (κ1) is 116. The Balaban J connectivity index is 0.000000203. The lowest BCUT2D eigenvalue weighted by Crippen LogP contribution is -2.03. The summed E-state index contributed by atoms with van der Waals surface area (Å²) in [6.45, 7) is 28.8. The molecular weight excluding hydrogens is 1950 g/mol. The standard InChI is InChI=1S/C17H21O3P.C16H18ClO3P.4C16H19O3P.C16H17O3P/c1-4-19-21(18,13-16-11-6-5-7-12-16)20-17-14(2)9-8-10-15(17)3;1-3-19-21(18,12-14-7-5-4-6-8-14)20-16-10-9-13(2)11-15(16)17;1-3-18-20(17,13-15-10-5-4-6-11-15)19-16-12-8-7-9-14(16)2;1-3-18-20(17,13-15-9-5-4-6-10-15)19-16-11-7-8-14(2)12-16;2*1-3-18-20(17,13-15-7-5-4-6-8-15)19-16-11-9-14(2)10-12-16;1-2-18-20(17,19-16-11-7-4-8-12-16)14-13-15-9-5-3-6-10-15/h5-12H,4,13H2,1-3H3;4-11H,3,12H2,1-2H3;4*4-12H,3,13H2,1-2H3;3-14H,2H2,1H3/b;;;;;;14-13+. The Kier molecular flexibility index (Phi) is 50.2. The lowest BCUT2D eigenvalue weighted by atomic mass is 10.1. The number of halogens is 1. The van der Waals surface area contributed by atoms with Crippen molar-refractivity contribution in [1.29, 1.82) is 0 Å². The highest BCUT2D eigenvalue weighted by atomic mass is 35.5. The predicted octanol–water partition coefficient (Wildman–Crippen LogP) is 34.7. The highest BCUT2D eigenvalue weighted by molar-refractivity contribution is 7.58. The van der Waals surface area contributed by atoms with Crippen LogP contribution in [0.2, 0.25) is 5.02 Å². The summed E-state index contributed by atoms with van der Waals surface area (Å²) in [5.74, 6) is 5.41. The fourth-order valence-corrected chi connectivity index (χ4v) is 25.4. The van der Waals surface area contributed by atoms with E-state index >= 15 is 0 Å². The van der Waals surface area contributed by atoms with E-state index in [4.69, 9.17) is 74.9 Å². The maximum Gasteiger partial charge on any atom is 0.403 e. The van der Waals surface area contributed by atoms with Crippen LogP contribution in [0.3, 0.4) is 0 Å². The highest BCUT2D eigenvalue weighted by Crippen LogP contribution is 2.58. The second-order valence-electron chi connectivity index (χ2n) is 32.0. The first-order valence-corrected chi connectivity index (χ1v) is 59.2. The minimum absolute atomic E-state index is 0.214. The van der Waals surface area contributed by atoms with Gasteiger partial charge in [0.25, 0.3) is 0 Å². The van der Waals surface area contributed by atoms with Crippen molar-refractivity contribution >= 4 is 70.8 Å². The average molecular weight is 2080 g/mol. The molecule has 29 heteroatoms. The zero-order valence-corrected chi connectivity index (χ0v) is 90.2. The lowest BCUT2D eigenvalue weighted by molar-refractivity contribution is 0.276. The van der Waals surface area contributed by atoms with Crippen molar-refractivity contribution in [3.63, 3.8) is 0 Å². The van der Waals surface area contributed by atoms with Gasteiger partial charge in [-0.3, -0.25) is 31.7 Å². The first-order chi connectivity index (χ1) is 68.2. The molecule has 0 bridgehead atoms. The van der Waals surface area contributed by atoms with E-state index in [1.165, 1.54) is 5.82 Å². The zero-order valence-electron chi connectivity index (χ0n) is 83.2. The number of hydrogen-bond acceptors (Lipinski definition) is 21. The summed E-state index contributed by atoms with van der Waals surface area (Å²) in [4.78, 5) is 0. The molecule has 14 aromatic rings. The largest absolute Gasteiger partial charge is 0.424 e. The van der Waals surface area contributed by atoms with Gasteiger partial charge in [0, 0.05) is 5.82 Å². The van der Waals surface area contributed by atoms with Crippen LogP contribution in [-0.2, 0) is 101 Å². The van der Waals surface area contributed by atoms with Gasteiger partial charge in [0.2, 0.25) is 0 Å². The summed E-state index contributed by atoms with van der Waals surface area (Å²) >= 11 is 6.14. The third-order valence-corrected chi connectivity index (χ3v) is 33.1. The monoisotopic (exact) mass is 2080 g/mol. The van der Waals surface area contributed by atoms with E-state index in [2.05, 4.69) is 0 Å². The summed E-state index contributed by atoms with van der Waals surface area (Å²) < 4.78 is 167. The van der Waals surface area contributed by atoms with Gasteiger partial charge in [0.1, 0.15) is 40.2 Å². The van der Waals surface area contributed by atoms with E-state index in [1.54, 1.807) is 50.3 Å². The summed E-state index contributed by atoms with van der Waals surface area (Å²) in [5.41, 5.74) is 13.8. The van der Waals surface area contributed by atoms with Crippen LogP contribution in [0.25, 0.3) is 6.08 Å². The van der Waals surface area contributed by atoms with Crippen LogP contribution in [0, 0.1) is 48.5 Å². The zero-order chi connectivity index (χ0) is 103. The number of aryl methyl sites for hydroxylation is 7. The van der Waals surface area contributed by atoms with Crippen molar-refractivity contribution in [3.8, 4) is 40.2 Å². The predicted molar refractivity (Wildman–Crippen MR) is 579 cm³/mol. The van der Waals surface area contributed by atoms with Gasteiger partial charge in [0.05, 0.1) is 88.2 Å². The molecule has 0 radical (unpaired) electrons. The summed E-state index contributed by atoms with van der Waals surface area (Å²) in [5, 5.41) is 0.433. The Labute approximate surface area is 845 Å². The molecule has 14 rings (SSSR count). The molecule has 142 heavy (non-hydrogen) atoms. The van der Waals surface area contributed by atoms with Crippen LogP contribution >= 0.6 is 64.8 Å². The van der Waals surface area contributed by atoms with Crippen molar-refractivity contribution in [2.75, 3.05) is 46.2 Å². The highest BCUT2D eigenvalue weighted by Gasteiger charge is 2.33. The Morgan fingerprint density at radius 2 is 0.493 bits per heavy atom. The second-order valence-corrected chi connectivity index (χ2v) is 46.1. The first-order valence-electron chi connectivity index (χ1n) is 46.9. The molecule has 0 saturated heterocycles. The average Bonchev–Trinajstić information content (AvgIpc) is 0.817. The van der Waals surface area contributed by atoms with Gasteiger partial charge >= 0.3 is 53.2 Å². The van der Waals surface area contributed by atoms with E-state index in [1.807, 2.05) is 429 Å². The minimum atomic E-state index is -3.29. The molecule has 0 aliphatic heterocycles. The summed E-state index contributed by atoms with van der Waals surface area (Å²) in [6.07, 6.45) is 3.33. The van der Waals surface area contributed by atoms with Gasteiger partial charge in [-0.1, -0.05) is 332 Å². The molecule has 7 unspecified atom stereocenters. The number of hydrogen-bond donors (Lipinski definition) is 0. The van der Waals surface area contributed by atoms with Gasteiger partial charge in [-0.15, -0.1) is 0 Å². The molecular formula is C113H132ClO21P7. The van der Waals surface area contributed by atoms with Crippen molar-refractivity contribution in [3.05, 3.63) is 465 Å². The molecule has 0 aliphatic carbocycles. The molecule has 0 spiro atoms. The second kappa shape index (κ2) is 61.2. The van der Waals surface area contributed by atoms with Crippen LogP contribution in [0.15, 0.2) is 382 Å². The molecule has 0 heterocycles. The molecule has 0 amide bonds. The molecule has 0 saturated carbocycles. The fraction of sp³-hybridized carbons (Fsp3) is 0.239. The van der Waals surface area contributed by atoms with Gasteiger partial charge in [-0.2, -0.15) is 0 Å². The quantitative estimate of drug-likeness (QED) is 0.0322. The smallest absolute Gasteiger partial charge is 0.403 e. The van der Waals surface area contributed by atoms with Crippen LogP contribution in [0.1, 0.15) is 126 Å². The van der Waals surface area contributed by atoms with E-state index in [0.29, 0.717) is 91.5 Å². The molecule has 752 valence electrons. The summed E-state index contributed by atoms with van der Waals surface area (Å²) in [6, 6.07) is 117. The van der Waals surface area contributed by atoms with E-state index < -0.39 is 53.2 Å². The van der Waals surface area contributed by atoms with Crippen molar-refractivity contribution in [2.24, 2.45) is 0 Å². The van der Waals surface area contributed by atoms with Gasteiger partial charge in [-0.05, 0) is 236 Å². The Morgan fingerprint density at radius 3 is 0.831 bits per heavy atom. The normalized spacial score (nSPS) is 13.7. The van der Waals surface area contributed by atoms with Gasteiger partial charge in [0.15, 0.2) is 0 Å². The van der Waals surface area contributed by atoms with Crippen molar-refractivity contribution in [2.45, 2.75) is 134 Å². The molecule has 0 N–H and O–H groups in total. The van der Waals surface area contributed by atoms with E-state index in [9.17, 15) is 32.0 Å². The van der Waals surface area contributed by atoms with Crippen molar-refractivity contribution in [1.82, 2.24) is 0 Å². The number of benzene rings is 14. The van der Waals surface area contributed by atoms with Crippen LogP contribution in [0.5, 0.6) is 40.2 Å².